The largest absolute Gasteiger partial charge is 0.425 e. The fraction of sp³-hybridized carbons (Fsp3) is 0.529. The van der Waals surface area contributed by atoms with Gasteiger partial charge < -0.3 is 9.47 Å². The predicted molar refractivity (Wildman–Crippen MR) is 158 cm³/mol. The Bertz CT molecular complexity index is 1110. The van der Waals surface area contributed by atoms with Crippen LogP contribution >= 0.6 is 0 Å². The lowest BCUT2D eigenvalue weighted by Crippen LogP contribution is -2.11. The molecule has 0 heterocycles. The van der Waals surface area contributed by atoms with Crippen molar-refractivity contribution in [1.29, 1.82) is 0 Å². The van der Waals surface area contributed by atoms with E-state index in [0.717, 1.165) is 71.2 Å². The summed E-state index contributed by atoms with van der Waals surface area (Å²) in [6, 6.07) is 12.0. The average Bonchev–Trinajstić information content (AvgIpc) is 2.90. The Kier molecular flexibility index (Phi) is 12.1. The Balaban J connectivity index is 1.85. The molecule has 0 radical (unpaired) electrons. The zero-order valence-electron chi connectivity index (χ0n) is 24.0. The van der Waals surface area contributed by atoms with Gasteiger partial charge in [-0.05, 0) is 38.8 Å². The van der Waals surface area contributed by atoms with Crippen LogP contribution in [-0.4, -0.2) is 11.9 Å². The van der Waals surface area contributed by atoms with Gasteiger partial charge in [-0.25, -0.2) is 0 Å². The molecule has 0 unspecified atom stereocenters. The number of carbonyl (C=O) groups is 2. The van der Waals surface area contributed by atoms with E-state index in [0.29, 0.717) is 24.3 Å². The number of rotatable bonds is 16. The van der Waals surface area contributed by atoms with E-state index in [2.05, 4.69) is 13.8 Å². The highest BCUT2D eigenvalue weighted by atomic mass is 16.5. The first-order valence-corrected chi connectivity index (χ1v) is 14.8. The third-order valence-corrected chi connectivity index (χ3v) is 7.23. The van der Waals surface area contributed by atoms with Crippen LogP contribution in [0.3, 0.4) is 0 Å². The predicted octanol–water partition coefficient (Wildman–Crippen LogP) is 9.92. The lowest BCUT2D eigenvalue weighted by atomic mass is 9.97. The van der Waals surface area contributed by atoms with Crippen molar-refractivity contribution in [2.75, 3.05) is 0 Å². The molecule has 0 fully saturated rings. The number of hydrogen-bond donors (Lipinski definition) is 0. The van der Waals surface area contributed by atoms with Crippen LogP contribution in [0.15, 0.2) is 36.4 Å². The second kappa shape index (κ2) is 15.5. The minimum Gasteiger partial charge on any atom is -0.425 e. The summed E-state index contributed by atoms with van der Waals surface area (Å²) >= 11 is 0. The van der Waals surface area contributed by atoms with Crippen LogP contribution < -0.4 is 9.47 Å². The minimum absolute atomic E-state index is 0.210. The van der Waals surface area contributed by atoms with Crippen LogP contribution in [0.2, 0.25) is 0 Å². The van der Waals surface area contributed by atoms with Gasteiger partial charge in [-0.3, -0.25) is 9.59 Å². The Hall–Kier alpha value is -2.88. The standard InChI is InChI=1S/C34H46O4/c1-5-7-9-11-13-15-17-31(35)37-33-27-21-19-26(4)24-30(27)34(28-22-20-25(3)23-29(28)33)38-32(36)18-16-14-12-10-8-6-2/h19-24H,5-18H2,1-4H3. The van der Waals surface area contributed by atoms with Crippen LogP contribution in [0.25, 0.3) is 21.5 Å². The van der Waals surface area contributed by atoms with Crippen LogP contribution in [-0.2, 0) is 9.59 Å². The molecule has 4 nitrogen and oxygen atoms in total. The van der Waals surface area contributed by atoms with Crippen LogP contribution in [0.1, 0.15) is 115 Å². The normalized spacial score (nSPS) is 11.3. The lowest BCUT2D eigenvalue weighted by Gasteiger charge is -2.17. The van der Waals surface area contributed by atoms with Gasteiger partial charge in [0.1, 0.15) is 11.5 Å². The first kappa shape index (κ1) is 29.7. The number of benzene rings is 3. The first-order valence-electron chi connectivity index (χ1n) is 14.8. The summed E-state index contributed by atoms with van der Waals surface area (Å²) in [6.07, 6.45) is 14.3. The maximum atomic E-state index is 12.9. The van der Waals surface area contributed by atoms with E-state index in [9.17, 15) is 9.59 Å². The molecule has 0 saturated heterocycles. The van der Waals surface area contributed by atoms with Crippen LogP contribution in [0, 0.1) is 13.8 Å². The molecular weight excluding hydrogens is 472 g/mol. The number of ether oxygens (including phenoxy) is 2. The molecule has 0 atom stereocenters. The Labute approximate surface area is 229 Å². The van der Waals surface area contributed by atoms with E-state index < -0.39 is 0 Å². The summed E-state index contributed by atoms with van der Waals surface area (Å²) in [5.41, 5.74) is 2.11. The van der Waals surface area contributed by atoms with Crippen molar-refractivity contribution < 1.29 is 19.1 Å². The molecule has 0 spiro atoms. The average molecular weight is 519 g/mol. The minimum atomic E-state index is -0.210. The van der Waals surface area contributed by atoms with Crippen molar-refractivity contribution in [3.8, 4) is 11.5 Å². The molecule has 206 valence electrons. The van der Waals surface area contributed by atoms with Gasteiger partial charge in [0.2, 0.25) is 0 Å². The summed E-state index contributed by atoms with van der Waals surface area (Å²) in [6.45, 7) is 8.45. The second-order valence-electron chi connectivity index (χ2n) is 10.7. The van der Waals surface area contributed by atoms with Gasteiger partial charge in [0.25, 0.3) is 0 Å². The zero-order valence-corrected chi connectivity index (χ0v) is 24.0. The fourth-order valence-corrected chi connectivity index (χ4v) is 5.03. The molecule has 3 aromatic rings. The second-order valence-corrected chi connectivity index (χ2v) is 10.7. The number of unbranched alkanes of at least 4 members (excludes halogenated alkanes) is 10. The molecule has 0 aliphatic heterocycles. The highest BCUT2D eigenvalue weighted by Gasteiger charge is 2.20. The summed E-state index contributed by atoms with van der Waals surface area (Å²) in [5.74, 6) is 0.701. The lowest BCUT2D eigenvalue weighted by molar-refractivity contribution is -0.135. The molecule has 0 aromatic heterocycles. The van der Waals surface area contributed by atoms with Crippen LogP contribution in [0.5, 0.6) is 11.5 Å². The molecular formula is C34H46O4. The quantitative estimate of drug-likeness (QED) is 0.0819. The first-order chi connectivity index (χ1) is 18.4. The molecule has 0 aliphatic rings. The molecule has 4 heteroatoms. The van der Waals surface area contributed by atoms with E-state index in [1.54, 1.807) is 0 Å². The number of carbonyl (C=O) groups excluding carboxylic acids is 2. The van der Waals surface area contributed by atoms with E-state index in [4.69, 9.17) is 9.47 Å². The molecule has 38 heavy (non-hydrogen) atoms. The van der Waals surface area contributed by atoms with Gasteiger partial charge in [0.05, 0.1) is 0 Å². The molecule has 0 bridgehead atoms. The smallest absolute Gasteiger partial charge is 0.311 e. The molecule has 0 saturated carbocycles. The van der Waals surface area contributed by atoms with Crippen molar-refractivity contribution in [2.24, 2.45) is 0 Å². The van der Waals surface area contributed by atoms with E-state index >= 15 is 0 Å². The van der Waals surface area contributed by atoms with E-state index in [-0.39, 0.29) is 11.9 Å². The molecule has 0 aliphatic carbocycles. The van der Waals surface area contributed by atoms with Gasteiger partial charge in [-0.1, -0.05) is 113 Å². The third-order valence-electron chi connectivity index (χ3n) is 7.23. The molecule has 3 rings (SSSR count). The summed E-state index contributed by atoms with van der Waals surface area (Å²) < 4.78 is 12.1. The molecule has 3 aromatic carbocycles. The van der Waals surface area contributed by atoms with Gasteiger partial charge in [-0.15, -0.1) is 0 Å². The van der Waals surface area contributed by atoms with Crippen LogP contribution in [0.4, 0.5) is 0 Å². The van der Waals surface area contributed by atoms with Crippen molar-refractivity contribution in [2.45, 2.75) is 118 Å². The zero-order chi connectivity index (χ0) is 27.3. The summed E-state index contributed by atoms with van der Waals surface area (Å²) in [4.78, 5) is 25.8. The summed E-state index contributed by atoms with van der Waals surface area (Å²) in [5, 5.41) is 3.21. The van der Waals surface area contributed by atoms with Gasteiger partial charge in [0, 0.05) is 34.4 Å². The van der Waals surface area contributed by atoms with Gasteiger partial charge in [0.15, 0.2) is 0 Å². The molecule has 0 amide bonds. The monoisotopic (exact) mass is 518 g/mol. The van der Waals surface area contributed by atoms with E-state index in [1.165, 1.54) is 38.5 Å². The van der Waals surface area contributed by atoms with Crippen molar-refractivity contribution in [3.05, 3.63) is 47.5 Å². The highest BCUT2D eigenvalue weighted by molar-refractivity contribution is 6.13. The van der Waals surface area contributed by atoms with Gasteiger partial charge >= 0.3 is 11.9 Å². The van der Waals surface area contributed by atoms with Crippen molar-refractivity contribution >= 4 is 33.5 Å². The Morgan fingerprint density at radius 1 is 0.526 bits per heavy atom. The number of hydrogen-bond acceptors (Lipinski definition) is 4. The Morgan fingerprint density at radius 2 is 0.895 bits per heavy atom. The van der Waals surface area contributed by atoms with Crippen molar-refractivity contribution in [1.82, 2.24) is 0 Å². The summed E-state index contributed by atoms with van der Waals surface area (Å²) in [7, 11) is 0. The fourth-order valence-electron chi connectivity index (χ4n) is 5.03. The number of aryl methyl sites for hydroxylation is 2. The maximum Gasteiger partial charge on any atom is 0.311 e. The topological polar surface area (TPSA) is 52.6 Å². The highest BCUT2D eigenvalue weighted by Crippen LogP contribution is 2.44. The van der Waals surface area contributed by atoms with Gasteiger partial charge in [-0.2, -0.15) is 0 Å². The number of esters is 2. The van der Waals surface area contributed by atoms with E-state index in [1.807, 2.05) is 50.2 Å². The SMILES string of the molecule is CCCCCCCCC(=O)Oc1c2ccc(C)cc2c(OC(=O)CCCCCCCC)c2ccc(C)cc12. The third kappa shape index (κ3) is 8.58. The van der Waals surface area contributed by atoms with Crippen molar-refractivity contribution in [3.63, 3.8) is 0 Å². The Morgan fingerprint density at radius 3 is 1.29 bits per heavy atom. The number of fused-ring (bicyclic) bond motifs is 2. The molecule has 0 N–H and O–H groups in total. The maximum absolute atomic E-state index is 12.9.